The zero-order valence-electron chi connectivity index (χ0n) is 21.6. The summed E-state index contributed by atoms with van der Waals surface area (Å²) in [6, 6.07) is 6.18. The number of aromatic nitrogens is 7. The zero-order chi connectivity index (χ0) is 28.3. The van der Waals surface area contributed by atoms with Gasteiger partial charge in [0.2, 0.25) is 16.0 Å². The maximum Gasteiger partial charge on any atom is 0.333 e. The first-order valence-electron chi connectivity index (χ1n) is 11.4. The third-order valence-electron chi connectivity index (χ3n) is 5.82. The molecule has 16 heteroatoms. The number of benzene rings is 1. The van der Waals surface area contributed by atoms with Crippen molar-refractivity contribution < 1.29 is 31.4 Å². The molecule has 0 spiro atoms. The number of alkyl halides is 2. The molecule has 3 heterocycles. The Morgan fingerprint density at radius 1 is 1.00 bits per heavy atom. The van der Waals surface area contributed by atoms with Crippen molar-refractivity contribution in [3.05, 3.63) is 54.2 Å². The van der Waals surface area contributed by atoms with Crippen molar-refractivity contribution in [2.24, 2.45) is 0 Å². The fraction of sp³-hybridized carbons (Fsp3) is 0.348. The number of ether oxygens (including phenoxy) is 3. The van der Waals surface area contributed by atoms with Crippen LogP contribution < -0.4 is 14.2 Å². The standard InChI is InChI=1S/C23H26F2N8O5S/c1-13-11-27-16(12-26-13)20(38-5)14(2)39(34,35)31-23-29-28-21(15-9-10-32(30-15)22(24)25)33(23)19-17(36-3)7-6-8-18(19)37-4/h6-12,14,20,22H,1-5H3,(H,29,31). The van der Waals surface area contributed by atoms with Gasteiger partial charge in [-0.25, -0.2) is 13.1 Å². The number of anilines is 1. The van der Waals surface area contributed by atoms with E-state index in [1.54, 1.807) is 25.1 Å². The molecule has 39 heavy (non-hydrogen) atoms. The van der Waals surface area contributed by atoms with Gasteiger partial charge in [0.1, 0.15) is 34.2 Å². The molecule has 13 nitrogen and oxygen atoms in total. The summed E-state index contributed by atoms with van der Waals surface area (Å²) in [6.07, 6.45) is 3.03. The molecular formula is C23H26F2N8O5S. The highest BCUT2D eigenvalue weighted by Crippen LogP contribution is 2.38. The van der Waals surface area contributed by atoms with Crippen molar-refractivity contribution in [1.29, 1.82) is 0 Å². The van der Waals surface area contributed by atoms with Gasteiger partial charge < -0.3 is 14.2 Å². The number of methoxy groups -OCH3 is 3. The number of hydrogen-bond acceptors (Lipinski definition) is 10. The fourth-order valence-electron chi connectivity index (χ4n) is 3.83. The predicted octanol–water partition coefficient (Wildman–Crippen LogP) is 3.16. The van der Waals surface area contributed by atoms with Crippen LogP contribution in [0.15, 0.2) is 42.9 Å². The first-order valence-corrected chi connectivity index (χ1v) is 13.0. The van der Waals surface area contributed by atoms with E-state index in [4.69, 9.17) is 14.2 Å². The van der Waals surface area contributed by atoms with E-state index in [1.807, 2.05) is 0 Å². The predicted molar refractivity (Wildman–Crippen MR) is 135 cm³/mol. The van der Waals surface area contributed by atoms with Crippen LogP contribution in [0.4, 0.5) is 14.7 Å². The molecule has 0 saturated heterocycles. The topological polar surface area (TPSA) is 148 Å². The first-order chi connectivity index (χ1) is 18.6. The van der Waals surface area contributed by atoms with Crippen molar-refractivity contribution in [2.75, 3.05) is 26.1 Å². The first kappa shape index (κ1) is 27.8. The summed E-state index contributed by atoms with van der Waals surface area (Å²) in [5.74, 6) is 0.218. The SMILES string of the molecule is COc1cccc(OC)c1-n1c(NS(=O)(=O)C(C)C(OC)c2cnc(C)cn2)nnc1-c1ccn(C(F)F)n1. The van der Waals surface area contributed by atoms with Crippen LogP contribution in [0, 0.1) is 6.92 Å². The Balaban J connectivity index is 1.84. The highest BCUT2D eigenvalue weighted by Gasteiger charge is 2.34. The molecule has 0 bridgehead atoms. The van der Waals surface area contributed by atoms with Gasteiger partial charge in [-0.3, -0.25) is 19.3 Å². The zero-order valence-corrected chi connectivity index (χ0v) is 22.4. The summed E-state index contributed by atoms with van der Waals surface area (Å²) < 4.78 is 74.2. The molecule has 0 radical (unpaired) electrons. The van der Waals surface area contributed by atoms with Crippen LogP contribution >= 0.6 is 0 Å². The average Bonchev–Trinajstić information content (AvgIpc) is 3.56. The molecule has 0 fully saturated rings. The smallest absolute Gasteiger partial charge is 0.333 e. The molecule has 0 aliphatic heterocycles. The van der Waals surface area contributed by atoms with E-state index in [2.05, 4.69) is 30.0 Å². The average molecular weight is 565 g/mol. The Morgan fingerprint density at radius 3 is 2.23 bits per heavy atom. The quantitative estimate of drug-likeness (QED) is 0.288. The van der Waals surface area contributed by atoms with Gasteiger partial charge in [-0.05, 0) is 32.0 Å². The Kier molecular flexibility index (Phi) is 8.06. The molecule has 1 N–H and O–H groups in total. The van der Waals surface area contributed by atoms with Gasteiger partial charge in [0.25, 0.3) is 0 Å². The highest BCUT2D eigenvalue weighted by atomic mass is 32.2. The number of rotatable bonds is 11. The highest BCUT2D eigenvalue weighted by molar-refractivity contribution is 7.93. The third-order valence-corrected chi connectivity index (χ3v) is 7.51. The number of nitrogens with zero attached hydrogens (tertiary/aromatic N) is 7. The van der Waals surface area contributed by atoms with Gasteiger partial charge >= 0.3 is 6.55 Å². The summed E-state index contributed by atoms with van der Waals surface area (Å²) in [6.45, 7) is 0.292. The molecule has 4 rings (SSSR count). The molecule has 208 valence electrons. The van der Waals surface area contributed by atoms with Gasteiger partial charge in [0.05, 0.1) is 31.8 Å². The molecule has 2 atom stereocenters. The van der Waals surface area contributed by atoms with Crippen LogP contribution in [0.3, 0.4) is 0 Å². The van der Waals surface area contributed by atoms with Crippen molar-refractivity contribution in [2.45, 2.75) is 31.8 Å². The van der Waals surface area contributed by atoms with E-state index in [0.717, 1.165) is 6.20 Å². The van der Waals surface area contributed by atoms with Crippen molar-refractivity contribution in [3.63, 3.8) is 0 Å². The lowest BCUT2D eigenvalue weighted by molar-refractivity contribution is 0.0568. The van der Waals surface area contributed by atoms with Crippen LogP contribution in [-0.4, -0.2) is 69.5 Å². The van der Waals surface area contributed by atoms with Crippen LogP contribution in [0.2, 0.25) is 0 Å². The Morgan fingerprint density at radius 2 is 1.69 bits per heavy atom. The minimum atomic E-state index is -4.22. The second-order valence-corrected chi connectivity index (χ2v) is 10.3. The van der Waals surface area contributed by atoms with Crippen LogP contribution in [0.1, 0.15) is 31.0 Å². The summed E-state index contributed by atoms with van der Waals surface area (Å²) in [5, 5.41) is 10.8. The van der Waals surface area contributed by atoms with Crippen LogP contribution in [0.5, 0.6) is 11.5 Å². The normalized spacial score (nSPS) is 13.3. The fourth-order valence-corrected chi connectivity index (χ4v) is 4.98. The minimum absolute atomic E-state index is 0.000969. The Bertz CT molecular complexity index is 1520. The molecule has 1 aromatic carbocycles. The largest absolute Gasteiger partial charge is 0.494 e. The van der Waals surface area contributed by atoms with Crippen molar-refractivity contribution >= 4 is 16.0 Å². The van der Waals surface area contributed by atoms with Gasteiger partial charge in [-0.15, -0.1) is 10.2 Å². The number of para-hydroxylation sites is 1. The van der Waals surface area contributed by atoms with E-state index in [1.165, 1.54) is 51.3 Å². The molecule has 0 amide bonds. The molecular weight excluding hydrogens is 538 g/mol. The molecule has 2 unspecified atom stereocenters. The lowest BCUT2D eigenvalue weighted by Crippen LogP contribution is -2.33. The Hall–Kier alpha value is -4.18. The van der Waals surface area contributed by atoms with Gasteiger partial charge in [-0.1, -0.05) is 6.07 Å². The summed E-state index contributed by atoms with van der Waals surface area (Å²) >= 11 is 0. The van der Waals surface area contributed by atoms with E-state index >= 15 is 0 Å². The van der Waals surface area contributed by atoms with Crippen LogP contribution in [0.25, 0.3) is 17.2 Å². The molecule has 0 aliphatic carbocycles. The summed E-state index contributed by atoms with van der Waals surface area (Å²) in [7, 11) is -0.0475. The van der Waals surface area contributed by atoms with E-state index in [9.17, 15) is 17.2 Å². The van der Waals surface area contributed by atoms with E-state index < -0.39 is 27.9 Å². The van der Waals surface area contributed by atoms with Crippen molar-refractivity contribution in [1.82, 2.24) is 34.5 Å². The van der Waals surface area contributed by atoms with E-state index in [0.29, 0.717) is 16.1 Å². The molecule has 4 aromatic rings. The lowest BCUT2D eigenvalue weighted by atomic mass is 10.2. The summed E-state index contributed by atoms with van der Waals surface area (Å²) in [5.41, 5.74) is 1.18. The monoisotopic (exact) mass is 564 g/mol. The second-order valence-electron chi connectivity index (χ2n) is 8.24. The molecule has 0 aliphatic rings. The maximum absolute atomic E-state index is 13.6. The second kappa shape index (κ2) is 11.3. The van der Waals surface area contributed by atoms with E-state index in [-0.39, 0.29) is 34.7 Å². The third kappa shape index (κ3) is 5.51. The number of sulfonamides is 1. The van der Waals surface area contributed by atoms with Crippen molar-refractivity contribution in [3.8, 4) is 28.7 Å². The van der Waals surface area contributed by atoms with Crippen LogP contribution in [-0.2, 0) is 14.8 Å². The number of halogens is 2. The number of nitrogens with one attached hydrogen (secondary N) is 1. The van der Waals surface area contributed by atoms with Gasteiger partial charge in [-0.2, -0.15) is 13.9 Å². The van der Waals surface area contributed by atoms with Gasteiger partial charge in [0.15, 0.2) is 5.82 Å². The summed E-state index contributed by atoms with van der Waals surface area (Å²) in [4.78, 5) is 8.41. The maximum atomic E-state index is 13.6. The van der Waals surface area contributed by atoms with Gasteiger partial charge in [0, 0.05) is 19.5 Å². The number of aryl methyl sites for hydroxylation is 1. The molecule has 3 aromatic heterocycles. The lowest BCUT2D eigenvalue weighted by Gasteiger charge is -2.23. The number of hydrogen-bond donors (Lipinski definition) is 1. The minimum Gasteiger partial charge on any atom is -0.494 e. The molecule has 0 saturated carbocycles. The Labute approximate surface area is 222 Å².